The van der Waals surface area contributed by atoms with Crippen molar-refractivity contribution in [3.05, 3.63) is 24.2 Å². The fourth-order valence-corrected chi connectivity index (χ4v) is 3.54. The first-order valence-corrected chi connectivity index (χ1v) is 8.32. The van der Waals surface area contributed by atoms with Gasteiger partial charge in [-0.25, -0.2) is 14.3 Å². The van der Waals surface area contributed by atoms with Gasteiger partial charge < -0.3 is 15.1 Å². The maximum Gasteiger partial charge on any atom is 0.323 e. The fraction of sp³-hybridized carbons (Fsp3) is 0.500. The molecule has 2 aliphatic rings. The first-order chi connectivity index (χ1) is 11.6. The first-order valence-electron chi connectivity index (χ1n) is 8.32. The minimum absolute atomic E-state index is 0.114. The second kappa shape index (κ2) is 5.77. The number of hydrogen-bond acceptors (Lipinski definition) is 4. The van der Waals surface area contributed by atoms with Crippen molar-refractivity contribution in [2.24, 2.45) is 0 Å². The molecule has 8 nitrogen and oxygen atoms in total. The predicted octanol–water partition coefficient (Wildman–Crippen LogP) is 1.61. The Morgan fingerprint density at radius 2 is 2.17 bits per heavy atom. The highest BCUT2D eigenvalue weighted by atomic mass is 16.2. The van der Waals surface area contributed by atoms with Crippen LogP contribution < -0.4 is 5.32 Å². The van der Waals surface area contributed by atoms with Gasteiger partial charge in [-0.1, -0.05) is 0 Å². The molecule has 2 aromatic heterocycles. The number of amides is 3. The summed E-state index contributed by atoms with van der Waals surface area (Å²) in [5.41, 5.74) is 1.41. The number of nitrogens with zero attached hydrogens (tertiary/aromatic N) is 5. The molecule has 8 heteroatoms. The Morgan fingerprint density at radius 1 is 1.29 bits per heavy atom. The number of fused-ring (bicyclic) bond motifs is 2. The summed E-state index contributed by atoms with van der Waals surface area (Å²) in [5, 5.41) is 7.18. The summed E-state index contributed by atoms with van der Waals surface area (Å²) >= 11 is 0. The molecule has 126 valence electrons. The normalized spacial score (nSPS) is 21.0. The summed E-state index contributed by atoms with van der Waals surface area (Å²) in [7, 11) is 0. The Hall–Kier alpha value is -2.64. The third-order valence-electron chi connectivity index (χ3n) is 4.67. The van der Waals surface area contributed by atoms with Crippen LogP contribution in [-0.4, -0.2) is 55.6 Å². The van der Waals surface area contributed by atoms with Gasteiger partial charge in [-0.3, -0.25) is 4.79 Å². The molecule has 0 aliphatic carbocycles. The van der Waals surface area contributed by atoms with Crippen LogP contribution in [0.15, 0.2) is 18.3 Å². The topological polar surface area (TPSA) is 82.8 Å². The van der Waals surface area contributed by atoms with Crippen LogP contribution in [0.25, 0.3) is 5.65 Å². The van der Waals surface area contributed by atoms with E-state index >= 15 is 0 Å². The summed E-state index contributed by atoms with van der Waals surface area (Å²) in [6.45, 7) is 3.04. The van der Waals surface area contributed by atoms with Gasteiger partial charge in [0.1, 0.15) is 12.0 Å². The van der Waals surface area contributed by atoms with Crippen LogP contribution in [0.2, 0.25) is 0 Å². The number of nitrogens with one attached hydrogen (secondary N) is 1. The molecule has 0 bridgehead atoms. The molecule has 2 aliphatic heterocycles. The van der Waals surface area contributed by atoms with Crippen molar-refractivity contribution < 1.29 is 9.59 Å². The SMILES string of the molecule is Cc1nc2ccc(NC(=O)N3CCC(=O)N4CCCCC43)cn2n1. The van der Waals surface area contributed by atoms with Crippen molar-refractivity contribution in [2.45, 2.75) is 38.8 Å². The van der Waals surface area contributed by atoms with E-state index in [9.17, 15) is 9.59 Å². The average Bonchev–Trinajstić information content (AvgIpc) is 2.94. The number of aromatic nitrogens is 3. The Balaban J connectivity index is 1.52. The van der Waals surface area contributed by atoms with Crippen molar-refractivity contribution in [1.82, 2.24) is 24.4 Å². The lowest BCUT2D eigenvalue weighted by atomic mass is 10.0. The second-order valence-corrected chi connectivity index (χ2v) is 6.32. The van der Waals surface area contributed by atoms with E-state index in [1.807, 2.05) is 24.0 Å². The third kappa shape index (κ3) is 2.57. The predicted molar refractivity (Wildman–Crippen MR) is 87.4 cm³/mol. The van der Waals surface area contributed by atoms with Gasteiger partial charge in [-0.15, -0.1) is 0 Å². The largest absolute Gasteiger partial charge is 0.323 e. The molecule has 2 fully saturated rings. The number of aryl methyl sites for hydroxylation is 1. The number of anilines is 1. The molecule has 0 radical (unpaired) electrons. The second-order valence-electron chi connectivity index (χ2n) is 6.32. The lowest BCUT2D eigenvalue weighted by molar-refractivity contribution is -0.144. The van der Waals surface area contributed by atoms with Crippen LogP contribution in [0.3, 0.4) is 0 Å². The monoisotopic (exact) mass is 328 g/mol. The molecular weight excluding hydrogens is 308 g/mol. The molecule has 4 rings (SSSR count). The molecule has 24 heavy (non-hydrogen) atoms. The molecule has 0 aromatic carbocycles. The van der Waals surface area contributed by atoms with Crippen LogP contribution >= 0.6 is 0 Å². The maximum atomic E-state index is 12.7. The number of hydrogen-bond donors (Lipinski definition) is 1. The van der Waals surface area contributed by atoms with Crippen molar-refractivity contribution in [3.8, 4) is 0 Å². The number of rotatable bonds is 1. The maximum absolute atomic E-state index is 12.7. The third-order valence-corrected chi connectivity index (χ3v) is 4.67. The van der Waals surface area contributed by atoms with E-state index in [1.165, 1.54) is 0 Å². The number of piperidine rings is 1. The zero-order valence-corrected chi connectivity index (χ0v) is 13.6. The van der Waals surface area contributed by atoms with E-state index in [0.29, 0.717) is 24.5 Å². The quantitative estimate of drug-likeness (QED) is 0.862. The molecule has 0 spiro atoms. The van der Waals surface area contributed by atoms with Crippen LogP contribution in [0, 0.1) is 6.92 Å². The highest BCUT2D eigenvalue weighted by Gasteiger charge is 2.37. The average molecular weight is 328 g/mol. The van der Waals surface area contributed by atoms with Gasteiger partial charge in [0.15, 0.2) is 5.65 Å². The number of carbonyl (C=O) groups is 2. The molecule has 4 heterocycles. The van der Waals surface area contributed by atoms with Crippen LogP contribution in [0.5, 0.6) is 0 Å². The van der Waals surface area contributed by atoms with Crippen molar-refractivity contribution in [3.63, 3.8) is 0 Å². The summed E-state index contributed by atoms with van der Waals surface area (Å²) in [4.78, 5) is 32.6. The standard InChI is InChI=1S/C16H20N6O2/c1-11-17-13-6-5-12(10-22(13)19-11)18-16(24)21-9-7-15(23)20-8-3-2-4-14(20)21/h5-6,10,14H,2-4,7-9H2,1H3,(H,18,24). The van der Waals surface area contributed by atoms with E-state index in [2.05, 4.69) is 15.4 Å². The van der Waals surface area contributed by atoms with Crippen LogP contribution in [0.1, 0.15) is 31.5 Å². The molecule has 1 N–H and O–H groups in total. The summed E-state index contributed by atoms with van der Waals surface area (Å²) < 4.78 is 1.65. The van der Waals surface area contributed by atoms with Gasteiger partial charge in [0.05, 0.1) is 11.9 Å². The Bertz CT molecular complexity index is 801. The fourth-order valence-electron chi connectivity index (χ4n) is 3.54. The summed E-state index contributed by atoms with van der Waals surface area (Å²) in [5.74, 6) is 0.842. The summed E-state index contributed by atoms with van der Waals surface area (Å²) in [6, 6.07) is 3.47. The lowest BCUT2D eigenvalue weighted by Crippen LogP contribution is -2.60. The van der Waals surface area contributed by atoms with E-state index in [1.54, 1.807) is 15.6 Å². The molecule has 1 unspecified atom stereocenters. The Morgan fingerprint density at radius 3 is 3.04 bits per heavy atom. The smallest absolute Gasteiger partial charge is 0.322 e. The number of pyridine rings is 1. The minimum Gasteiger partial charge on any atom is -0.322 e. The van der Waals surface area contributed by atoms with Crippen molar-refractivity contribution >= 4 is 23.3 Å². The van der Waals surface area contributed by atoms with Gasteiger partial charge in [0.2, 0.25) is 5.91 Å². The van der Waals surface area contributed by atoms with Crippen molar-refractivity contribution in [2.75, 3.05) is 18.4 Å². The summed E-state index contributed by atoms with van der Waals surface area (Å²) in [6.07, 6.45) is 4.94. The van der Waals surface area contributed by atoms with Crippen LogP contribution in [-0.2, 0) is 4.79 Å². The van der Waals surface area contributed by atoms with Gasteiger partial charge in [-0.2, -0.15) is 5.10 Å². The van der Waals surface area contributed by atoms with Gasteiger partial charge in [0, 0.05) is 19.5 Å². The zero-order valence-electron chi connectivity index (χ0n) is 13.6. The molecule has 2 saturated heterocycles. The van der Waals surface area contributed by atoms with E-state index < -0.39 is 0 Å². The molecule has 0 saturated carbocycles. The van der Waals surface area contributed by atoms with Gasteiger partial charge >= 0.3 is 6.03 Å². The molecule has 1 atom stereocenters. The van der Waals surface area contributed by atoms with E-state index in [0.717, 1.165) is 31.5 Å². The van der Waals surface area contributed by atoms with E-state index in [-0.39, 0.29) is 18.1 Å². The number of carbonyl (C=O) groups excluding carboxylic acids is 2. The molecule has 2 aromatic rings. The van der Waals surface area contributed by atoms with Gasteiger partial charge in [0.25, 0.3) is 0 Å². The highest BCUT2D eigenvalue weighted by molar-refractivity contribution is 5.91. The van der Waals surface area contributed by atoms with Gasteiger partial charge in [-0.05, 0) is 38.3 Å². The van der Waals surface area contributed by atoms with E-state index in [4.69, 9.17) is 0 Å². The molecular formula is C16H20N6O2. The Kier molecular flexibility index (Phi) is 3.59. The first kappa shape index (κ1) is 14.9. The number of urea groups is 1. The minimum atomic E-state index is -0.171. The van der Waals surface area contributed by atoms with Crippen molar-refractivity contribution in [1.29, 1.82) is 0 Å². The zero-order chi connectivity index (χ0) is 16.7. The Labute approximate surface area is 139 Å². The lowest BCUT2D eigenvalue weighted by Gasteiger charge is -2.46. The highest BCUT2D eigenvalue weighted by Crippen LogP contribution is 2.26. The molecule has 3 amide bonds. The van der Waals surface area contributed by atoms with Crippen LogP contribution in [0.4, 0.5) is 10.5 Å².